The summed E-state index contributed by atoms with van der Waals surface area (Å²) >= 11 is 3.68. The van der Waals surface area contributed by atoms with E-state index in [2.05, 4.69) is 30.4 Å². The zero-order valence-corrected chi connectivity index (χ0v) is 16.7. The summed E-state index contributed by atoms with van der Waals surface area (Å²) in [5.41, 5.74) is 2.77. The zero-order chi connectivity index (χ0) is 19.4. The van der Waals surface area contributed by atoms with Crippen LogP contribution in [0.25, 0.3) is 0 Å². The fourth-order valence-electron chi connectivity index (χ4n) is 3.09. The van der Waals surface area contributed by atoms with Crippen molar-refractivity contribution in [1.29, 1.82) is 0 Å². The first-order valence-electron chi connectivity index (χ1n) is 8.41. The molecule has 0 aromatic heterocycles. The lowest BCUT2D eigenvalue weighted by Gasteiger charge is -2.36. The third-order valence-corrected chi connectivity index (χ3v) is 7.72. The Morgan fingerprint density at radius 3 is 2.67 bits per heavy atom. The van der Waals surface area contributed by atoms with Crippen LogP contribution in [0, 0.1) is 11.8 Å². The average Bonchev–Trinajstić information content (AvgIpc) is 2.67. The van der Waals surface area contributed by atoms with Gasteiger partial charge in [-0.2, -0.15) is 0 Å². The summed E-state index contributed by atoms with van der Waals surface area (Å²) in [5, 5.41) is 18.7. The molecule has 0 aliphatic carbocycles. The Hall–Kier alpha value is -2.23. The van der Waals surface area contributed by atoms with Crippen LogP contribution < -0.4 is 4.74 Å². The topological polar surface area (TPSA) is 66.8 Å². The van der Waals surface area contributed by atoms with Gasteiger partial charge >= 0.3 is 5.97 Å². The Morgan fingerprint density at radius 2 is 2.00 bits per heavy atom. The lowest BCUT2D eigenvalue weighted by molar-refractivity contribution is 0.0693. The predicted octanol–water partition coefficient (Wildman–Crippen LogP) is 4.35. The number of aromatic hydroxyl groups is 1. The summed E-state index contributed by atoms with van der Waals surface area (Å²) in [5.74, 6) is 5.59. The summed E-state index contributed by atoms with van der Waals surface area (Å²) in [4.78, 5) is 10.9. The number of carbonyl (C=O) groups is 1. The van der Waals surface area contributed by atoms with Crippen LogP contribution in [0.4, 0.5) is 0 Å². The molecule has 0 fully saturated rings. The number of thioether (sulfide) groups is 2. The molecule has 0 atom stereocenters. The van der Waals surface area contributed by atoms with Gasteiger partial charge in [0.05, 0.1) is 10.7 Å². The molecular weight excluding hydrogens is 380 g/mol. The van der Waals surface area contributed by atoms with Gasteiger partial charge in [-0.15, -0.1) is 23.5 Å². The van der Waals surface area contributed by atoms with Gasteiger partial charge in [0.2, 0.25) is 0 Å². The van der Waals surface area contributed by atoms with Crippen molar-refractivity contribution in [2.24, 2.45) is 0 Å². The number of fused-ring (bicyclic) bond motifs is 1. The predicted molar refractivity (Wildman–Crippen MR) is 111 cm³/mol. The van der Waals surface area contributed by atoms with Crippen LogP contribution in [0.15, 0.2) is 36.4 Å². The second-order valence-electron chi connectivity index (χ2n) is 6.11. The van der Waals surface area contributed by atoms with Crippen molar-refractivity contribution < 1.29 is 19.7 Å². The maximum Gasteiger partial charge on any atom is 0.339 e. The minimum atomic E-state index is -1.16. The van der Waals surface area contributed by atoms with E-state index in [4.69, 9.17) is 9.84 Å². The summed E-state index contributed by atoms with van der Waals surface area (Å²) in [7, 11) is 0. The Balaban J connectivity index is 1.82. The Bertz CT molecular complexity index is 924. The molecule has 0 saturated carbocycles. The molecule has 3 rings (SSSR count). The zero-order valence-electron chi connectivity index (χ0n) is 15.1. The van der Waals surface area contributed by atoms with Crippen molar-refractivity contribution in [1.82, 2.24) is 0 Å². The first-order chi connectivity index (χ1) is 13.0. The Labute approximate surface area is 167 Å². The van der Waals surface area contributed by atoms with Crippen molar-refractivity contribution in [2.75, 3.05) is 19.1 Å². The highest BCUT2D eigenvalue weighted by Crippen LogP contribution is 2.52. The van der Waals surface area contributed by atoms with E-state index < -0.39 is 5.97 Å². The molecule has 1 heterocycles. The average molecular weight is 401 g/mol. The summed E-state index contributed by atoms with van der Waals surface area (Å²) in [6.07, 6.45) is 5.79. The molecule has 27 heavy (non-hydrogen) atoms. The highest BCUT2D eigenvalue weighted by Gasteiger charge is 2.36. The number of ether oxygens (including phenoxy) is 1. The van der Waals surface area contributed by atoms with Crippen LogP contribution in [0.3, 0.4) is 0 Å². The number of benzene rings is 2. The van der Waals surface area contributed by atoms with Crippen LogP contribution in [-0.2, 0) is 10.5 Å². The van der Waals surface area contributed by atoms with E-state index in [0.29, 0.717) is 12.0 Å². The third kappa shape index (κ3) is 4.05. The number of carboxylic acid groups (broad SMARTS) is 1. The minimum Gasteiger partial charge on any atom is -0.507 e. The van der Waals surface area contributed by atoms with Crippen LogP contribution in [0.1, 0.15) is 33.5 Å². The lowest BCUT2D eigenvalue weighted by atomic mass is 10.0. The molecule has 1 aliphatic rings. The molecule has 0 saturated heterocycles. The van der Waals surface area contributed by atoms with Gasteiger partial charge in [0.25, 0.3) is 0 Å². The number of phenols is 1. The molecular formula is C21H20O4S2. The van der Waals surface area contributed by atoms with Crippen molar-refractivity contribution in [3.8, 4) is 23.3 Å². The molecule has 2 aromatic carbocycles. The first kappa shape index (κ1) is 19.5. The van der Waals surface area contributed by atoms with E-state index >= 15 is 0 Å². The first-order valence-corrected chi connectivity index (χ1v) is 10.9. The summed E-state index contributed by atoms with van der Waals surface area (Å²) < 4.78 is 5.83. The molecule has 0 unspecified atom stereocenters. The quantitative estimate of drug-likeness (QED) is 0.588. The van der Waals surface area contributed by atoms with Crippen LogP contribution in [0.2, 0.25) is 0 Å². The SMILES string of the molecule is CSC1(SC)CCOc2ccc(CC#Cc3ccc(C(=O)O)c(O)c3)cc21. The van der Waals surface area contributed by atoms with Gasteiger partial charge < -0.3 is 14.9 Å². The third-order valence-electron chi connectivity index (χ3n) is 4.56. The number of hydrogen-bond donors (Lipinski definition) is 2. The van der Waals surface area contributed by atoms with E-state index in [1.165, 1.54) is 17.7 Å². The molecule has 2 aromatic rings. The molecule has 0 bridgehead atoms. The Morgan fingerprint density at radius 1 is 1.22 bits per heavy atom. The molecule has 2 N–H and O–H groups in total. The van der Waals surface area contributed by atoms with E-state index in [1.54, 1.807) is 6.07 Å². The van der Waals surface area contributed by atoms with Gasteiger partial charge in [0.15, 0.2) is 0 Å². The highest BCUT2D eigenvalue weighted by atomic mass is 32.2. The second kappa shape index (κ2) is 8.20. The number of aromatic carboxylic acids is 1. The smallest absolute Gasteiger partial charge is 0.339 e. The molecule has 6 heteroatoms. The molecule has 140 valence electrons. The standard InChI is InChI=1S/C21H20O4S2/c1-26-21(27-2)10-11-25-19-9-7-14(12-17(19)21)4-3-5-15-6-8-16(20(23)24)18(22)13-15/h6-9,12-13,22H,4,10-11H2,1-2H3,(H,23,24). The largest absolute Gasteiger partial charge is 0.507 e. The lowest BCUT2D eigenvalue weighted by Crippen LogP contribution is -2.26. The Kier molecular flexibility index (Phi) is 5.93. The molecule has 1 aliphatic heterocycles. The fourth-order valence-corrected chi connectivity index (χ4v) is 5.09. The van der Waals surface area contributed by atoms with Crippen LogP contribution in [0.5, 0.6) is 11.5 Å². The van der Waals surface area contributed by atoms with Gasteiger partial charge in [0, 0.05) is 24.0 Å². The summed E-state index contributed by atoms with van der Waals surface area (Å²) in [6.45, 7) is 0.726. The molecule has 0 radical (unpaired) electrons. The van der Waals surface area contributed by atoms with E-state index in [9.17, 15) is 9.90 Å². The highest BCUT2D eigenvalue weighted by molar-refractivity contribution is 8.16. The van der Waals surface area contributed by atoms with Crippen LogP contribution in [-0.4, -0.2) is 35.3 Å². The summed E-state index contributed by atoms with van der Waals surface area (Å²) in [6, 6.07) is 10.5. The monoisotopic (exact) mass is 400 g/mol. The van der Waals surface area contributed by atoms with Gasteiger partial charge in [-0.1, -0.05) is 17.9 Å². The van der Waals surface area contributed by atoms with E-state index in [0.717, 1.165) is 24.3 Å². The molecule has 4 nitrogen and oxygen atoms in total. The van der Waals surface area contributed by atoms with Gasteiger partial charge in [0.1, 0.15) is 17.1 Å². The molecule has 0 spiro atoms. The van der Waals surface area contributed by atoms with Crippen molar-refractivity contribution in [2.45, 2.75) is 16.9 Å². The van der Waals surface area contributed by atoms with Crippen molar-refractivity contribution in [3.63, 3.8) is 0 Å². The van der Waals surface area contributed by atoms with Gasteiger partial charge in [-0.25, -0.2) is 4.79 Å². The number of rotatable bonds is 4. The van der Waals surface area contributed by atoms with Crippen molar-refractivity contribution >= 4 is 29.5 Å². The normalized spacial score (nSPS) is 14.4. The second-order valence-corrected chi connectivity index (χ2v) is 8.57. The minimum absolute atomic E-state index is 0.00940. The van der Waals surface area contributed by atoms with E-state index in [-0.39, 0.29) is 15.4 Å². The maximum atomic E-state index is 10.9. The fraction of sp³-hybridized carbons (Fsp3) is 0.286. The molecule has 0 amide bonds. The van der Waals surface area contributed by atoms with Crippen molar-refractivity contribution in [3.05, 3.63) is 58.7 Å². The number of hydrogen-bond acceptors (Lipinski definition) is 5. The van der Waals surface area contributed by atoms with Gasteiger partial charge in [-0.3, -0.25) is 0 Å². The maximum absolute atomic E-state index is 10.9. The van der Waals surface area contributed by atoms with Crippen LogP contribution >= 0.6 is 23.5 Å². The van der Waals surface area contributed by atoms with E-state index in [1.807, 2.05) is 35.7 Å². The van der Waals surface area contributed by atoms with Gasteiger partial charge in [-0.05, 0) is 48.4 Å². The number of carboxylic acids is 1.